The minimum atomic E-state index is -0.631. The summed E-state index contributed by atoms with van der Waals surface area (Å²) in [5, 5.41) is 12.4. The summed E-state index contributed by atoms with van der Waals surface area (Å²) in [5.74, 6) is -1.05. The number of nitrogens with two attached hydrogens (primary N) is 1. The first kappa shape index (κ1) is 14.0. The molecule has 0 radical (unpaired) electrons. The van der Waals surface area contributed by atoms with Gasteiger partial charge in [0.1, 0.15) is 11.7 Å². The van der Waals surface area contributed by atoms with E-state index in [1.165, 1.54) is 18.2 Å². The fourth-order valence-electron chi connectivity index (χ4n) is 1.45. The number of carbonyl (C=O) groups excluding carboxylic acids is 1. The lowest BCUT2D eigenvalue weighted by Crippen LogP contribution is -2.30. The summed E-state index contributed by atoms with van der Waals surface area (Å²) in [4.78, 5) is 11.5. The summed E-state index contributed by atoms with van der Waals surface area (Å²) in [6, 6.07) is 3.70. The van der Waals surface area contributed by atoms with Crippen molar-refractivity contribution < 1.29 is 9.18 Å². The van der Waals surface area contributed by atoms with Gasteiger partial charge >= 0.3 is 6.03 Å². The molecule has 0 aromatic heterocycles. The average Bonchev–Trinajstić information content (AvgIpc) is 2.28. The van der Waals surface area contributed by atoms with Crippen molar-refractivity contribution >= 4 is 17.6 Å². The maximum absolute atomic E-state index is 13.5. The smallest absolute Gasteiger partial charge is 0.319 e. The van der Waals surface area contributed by atoms with E-state index in [4.69, 9.17) is 11.1 Å². The molecule has 6 heteroatoms. The van der Waals surface area contributed by atoms with Crippen LogP contribution < -0.4 is 16.4 Å². The molecule has 1 aromatic carbocycles. The standard InChI is InChI=1S/C12H17FN4O/c1-2-3-7-16-12(18)17-9-6-4-5-8(13)10(9)11(14)15/h4-6H,2-3,7H2,1H3,(H3,14,15)(H2,16,17,18). The molecule has 0 aliphatic carbocycles. The number of carbonyl (C=O) groups is 1. The third kappa shape index (κ3) is 3.73. The van der Waals surface area contributed by atoms with E-state index in [-0.39, 0.29) is 11.3 Å². The Morgan fingerprint density at radius 2 is 2.22 bits per heavy atom. The van der Waals surface area contributed by atoms with Crippen LogP contribution in [-0.2, 0) is 0 Å². The second-order valence-electron chi connectivity index (χ2n) is 3.81. The highest BCUT2D eigenvalue weighted by atomic mass is 19.1. The third-order valence-electron chi connectivity index (χ3n) is 2.35. The molecule has 5 N–H and O–H groups in total. The van der Waals surface area contributed by atoms with E-state index in [0.717, 1.165) is 12.8 Å². The van der Waals surface area contributed by atoms with Crippen molar-refractivity contribution in [1.29, 1.82) is 5.41 Å². The first-order valence-corrected chi connectivity index (χ1v) is 5.74. The van der Waals surface area contributed by atoms with Gasteiger partial charge in [0.25, 0.3) is 0 Å². The molecule has 0 spiro atoms. The van der Waals surface area contributed by atoms with E-state index in [9.17, 15) is 9.18 Å². The molecule has 2 amide bonds. The van der Waals surface area contributed by atoms with Crippen LogP contribution in [0.2, 0.25) is 0 Å². The number of urea groups is 1. The lowest BCUT2D eigenvalue weighted by atomic mass is 10.1. The molecule has 0 saturated carbocycles. The van der Waals surface area contributed by atoms with Gasteiger partial charge in [-0.2, -0.15) is 0 Å². The highest BCUT2D eigenvalue weighted by Gasteiger charge is 2.12. The van der Waals surface area contributed by atoms with Crippen molar-refractivity contribution in [2.75, 3.05) is 11.9 Å². The van der Waals surface area contributed by atoms with E-state index >= 15 is 0 Å². The molecular formula is C12H17FN4O. The van der Waals surface area contributed by atoms with Crippen LogP contribution >= 0.6 is 0 Å². The molecule has 1 rings (SSSR count). The zero-order valence-electron chi connectivity index (χ0n) is 10.2. The molecule has 0 bridgehead atoms. The van der Waals surface area contributed by atoms with E-state index in [1.807, 2.05) is 6.92 Å². The normalized spacial score (nSPS) is 9.89. The molecule has 0 saturated heterocycles. The van der Waals surface area contributed by atoms with Gasteiger partial charge in [-0.05, 0) is 18.6 Å². The highest BCUT2D eigenvalue weighted by molar-refractivity contribution is 6.04. The number of hydrogen-bond acceptors (Lipinski definition) is 2. The van der Waals surface area contributed by atoms with Gasteiger partial charge in [0, 0.05) is 6.54 Å². The molecule has 0 aliphatic heterocycles. The molecular weight excluding hydrogens is 235 g/mol. The van der Waals surface area contributed by atoms with Gasteiger partial charge in [0.2, 0.25) is 0 Å². The summed E-state index contributed by atoms with van der Waals surface area (Å²) >= 11 is 0. The van der Waals surface area contributed by atoms with E-state index < -0.39 is 17.7 Å². The SMILES string of the molecule is CCCCNC(=O)Nc1cccc(F)c1C(=N)N. The van der Waals surface area contributed by atoms with Crippen molar-refractivity contribution in [2.24, 2.45) is 5.73 Å². The summed E-state index contributed by atoms with van der Waals surface area (Å²) in [5.41, 5.74) is 5.38. The number of benzene rings is 1. The predicted octanol–water partition coefficient (Wildman–Crippen LogP) is 2.03. The Hall–Kier alpha value is -2.11. The summed E-state index contributed by atoms with van der Waals surface area (Å²) in [6.07, 6.45) is 1.84. The van der Waals surface area contributed by atoms with E-state index in [2.05, 4.69) is 10.6 Å². The average molecular weight is 252 g/mol. The van der Waals surface area contributed by atoms with Crippen molar-refractivity contribution in [3.63, 3.8) is 0 Å². The quantitative estimate of drug-likeness (QED) is 0.367. The molecule has 1 aromatic rings. The van der Waals surface area contributed by atoms with Crippen LogP contribution in [0.25, 0.3) is 0 Å². The van der Waals surface area contributed by atoms with Crippen molar-refractivity contribution in [1.82, 2.24) is 5.32 Å². The van der Waals surface area contributed by atoms with Crippen molar-refractivity contribution in [3.05, 3.63) is 29.6 Å². The van der Waals surface area contributed by atoms with Crippen LogP contribution in [0, 0.1) is 11.2 Å². The lowest BCUT2D eigenvalue weighted by molar-refractivity contribution is 0.252. The number of unbranched alkanes of at least 4 members (excludes halogenated alkanes) is 1. The zero-order valence-corrected chi connectivity index (χ0v) is 10.2. The lowest BCUT2D eigenvalue weighted by Gasteiger charge is -2.11. The largest absolute Gasteiger partial charge is 0.384 e. The summed E-state index contributed by atoms with van der Waals surface area (Å²) < 4.78 is 13.5. The number of amides is 2. The number of nitrogen functional groups attached to an aromatic ring is 1. The van der Waals surface area contributed by atoms with Gasteiger partial charge in [-0.15, -0.1) is 0 Å². The van der Waals surface area contributed by atoms with Crippen LogP contribution in [0.3, 0.4) is 0 Å². The maximum atomic E-state index is 13.5. The molecule has 0 aliphatic rings. The van der Waals surface area contributed by atoms with E-state index in [0.29, 0.717) is 6.54 Å². The Kier molecular flexibility index (Phi) is 5.10. The van der Waals surface area contributed by atoms with Gasteiger partial charge in [-0.3, -0.25) is 5.41 Å². The van der Waals surface area contributed by atoms with Gasteiger partial charge in [0.05, 0.1) is 11.3 Å². The first-order chi connectivity index (χ1) is 8.56. The van der Waals surface area contributed by atoms with Crippen LogP contribution in [0.5, 0.6) is 0 Å². The maximum Gasteiger partial charge on any atom is 0.319 e. The minimum absolute atomic E-state index is 0.0943. The monoisotopic (exact) mass is 252 g/mol. The van der Waals surface area contributed by atoms with Gasteiger partial charge < -0.3 is 16.4 Å². The molecule has 5 nitrogen and oxygen atoms in total. The molecule has 0 fully saturated rings. The van der Waals surface area contributed by atoms with Crippen LogP contribution in [0.4, 0.5) is 14.9 Å². The Morgan fingerprint density at radius 1 is 1.50 bits per heavy atom. The van der Waals surface area contributed by atoms with Crippen molar-refractivity contribution in [2.45, 2.75) is 19.8 Å². The number of nitrogens with one attached hydrogen (secondary N) is 3. The summed E-state index contributed by atoms with van der Waals surface area (Å²) in [7, 11) is 0. The Morgan fingerprint density at radius 3 is 2.83 bits per heavy atom. The van der Waals surface area contributed by atoms with Gasteiger partial charge in [-0.1, -0.05) is 19.4 Å². The first-order valence-electron chi connectivity index (χ1n) is 5.74. The van der Waals surface area contributed by atoms with Crippen LogP contribution in [-0.4, -0.2) is 18.4 Å². The molecule has 18 heavy (non-hydrogen) atoms. The Balaban J connectivity index is 2.75. The number of hydrogen-bond donors (Lipinski definition) is 4. The van der Waals surface area contributed by atoms with Crippen molar-refractivity contribution in [3.8, 4) is 0 Å². The number of halogens is 1. The van der Waals surface area contributed by atoms with Crippen LogP contribution in [0.1, 0.15) is 25.3 Å². The predicted molar refractivity (Wildman–Crippen MR) is 69.3 cm³/mol. The molecule has 0 atom stereocenters. The third-order valence-corrected chi connectivity index (χ3v) is 2.35. The zero-order chi connectivity index (χ0) is 13.5. The number of rotatable bonds is 5. The second kappa shape index (κ2) is 6.58. The fourth-order valence-corrected chi connectivity index (χ4v) is 1.45. The minimum Gasteiger partial charge on any atom is -0.384 e. The van der Waals surface area contributed by atoms with Gasteiger partial charge in [0.15, 0.2) is 0 Å². The molecule has 98 valence electrons. The Labute approximate surface area is 105 Å². The molecule has 0 unspecified atom stereocenters. The van der Waals surface area contributed by atoms with Gasteiger partial charge in [-0.25, -0.2) is 9.18 Å². The summed E-state index contributed by atoms with van der Waals surface area (Å²) in [6.45, 7) is 2.56. The van der Waals surface area contributed by atoms with Crippen LogP contribution in [0.15, 0.2) is 18.2 Å². The Bertz CT molecular complexity index is 448. The highest BCUT2D eigenvalue weighted by Crippen LogP contribution is 2.18. The second-order valence-corrected chi connectivity index (χ2v) is 3.81. The topological polar surface area (TPSA) is 91.0 Å². The fraction of sp³-hybridized carbons (Fsp3) is 0.333. The molecule has 0 heterocycles. The number of anilines is 1. The van der Waals surface area contributed by atoms with E-state index in [1.54, 1.807) is 0 Å². The number of amidine groups is 1.